The number of halogens is 1. The van der Waals surface area contributed by atoms with Crippen LogP contribution in [0.3, 0.4) is 0 Å². The molecule has 0 unspecified atom stereocenters. The molecule has 0 fully saturated rings. The molecule has 3 aromatic carbocycles. The third-order valence-corrected chi connectivity index (χ3v) is 5.03. The van der Waals surface area contributed by atoms with Gasteiger partial charge in [0.2, 0.25) is 0 Å². The van der Waals surface area contributed by atoms with Gasteiger partial charge in [0, 0.05) is 17.1 Å². The molecule has 1 amide bonds. The van der Waals surface area contributed by atoms with E-state index in [0.717, 1.165) is 16.9 Å². The van der Waals surface area contributed by atoms with Gasteiger partial charge in [-0.25, -0.2) is 0 Å². The van der Waals surface area contributed by atoms with E-state index in [4.69, 9.17) is 21.1 Å². The quantitative estimate of drug-likeness (QED) is 0.425. The Morgan fingerprint density at radius 2 is 1.52 bits per heavy atom. The van der Waals surface area contributed by atoms with Crippen LogP contribution in [0.5, 0.6) is 11.5 Å². The lowest BCUT2D eigenvalue weighted by molar-refractivity contribution is -0.139. The minimum absolute atomic E-state index is 0.0386. The lowest BCUT2D eigenvalue weighted by Gasteiger charge is -2.36. The van der Waals surface area contributed by atoms with E-state index in [9.17, 15) is 4.79 Å². The summed E-state index contributed by atoms with van der Waals surface area (Å²) in [7, 11) is 0. The molecule has 0 aromatic heterocycles. The van der Waals surface area contributed by atoms with Crippen molar-refractivity contribution in [1.29, 1.82) is 0 Å². The fourth-order valence-corrected chi connectivity index (χ4v) is 3.24. The molecule has 162 valence electrons. The van der Waals surface area contributed by atoms with Crippen LogP contribution in [0.4, 0.5) is 0 Å². The summed E-state index contributed by atoms with van der Waals surface area (Å²) in [6, 6.07) is 24.9. The van der Waals surface area contributed by atoms with Crippen molar-refractivity contribution in [2.24, 2.45) is 0 Å². The maximum Gasteiger partial charge on any atom is 0.261 e. The molecular weight excluding hydrogens is 410 g/mol. The zero-order chi connectivity index (χ0) is 22.3. The molecule has 5 heteroatoms. The summed E-state index contributed by atoms with van der Waals surface area (Å²) in [5.74, 6) is 1.31. The lowest BCUT2D eigenvalue weighted by Crippen LogP contribution is -2.47. The molecule has 0 N–H and O–H groups in total. The van der Waals surface area contributed by atoms with Crippen LogP contribution in [0.25, 0.3) is 0 Å². The van der Waals surface area contributed by atoms with Crippen molar-refractivity contribution in [3.63, 3.8) is 0 Å². The van der Waals surface area contributed by atoms with Crippen molar-refractivity contribution < 1.29 is 14.3 Å². The van der Waals surface area contributed by atoms with E-state index in [-0.39, 0.29) is 18.1 Å². The van der Waals surface area contributed by atoms with E-state index in [1.807, 2.05) is 80.3 Å². The molecule has 0 radical (unpaired) electrons. The molecule has 0 saturated carbocycles. The van der Waals surface area contributed by atoms with Crippen LogP contribution in [0.2, 0.25) is 5.02 Å². The van der Waals surface area contributed by atoms with Gasteiger partial charge in [-0.15, -0.1) is 0 Å². The molecule has 0 atom stereocenters. The molecule has 0 aliphatic heterocycles. The van der Waals surface area contributed by atoms with Gasteiger partial charge in [-0.05, 0) is 68.3 Å². The normalized spacial score (nSPS) is 11.1. The average molecular weight is 438 g/mol. The summed E-state index contributed by atoms with van der Waals surface area (Å²) >= 11 is 5.90. The zero-order valence-corrected chi connectivity index (χ0v) is 18.9. The lowest BCUT2D eigenvalue weighted by atomic mass is 10.0. The fourth-order valence-electron chi connectivity index (χ4n) is 3.11. The van der Waals surface area contributed by atoms with Crippen molar-refractivity contribution in [2.75, 3.05) is 6.61 Å². The first kappa shape index (κ1) is 22.7. The number of amides is 1. The van der Waals surface area contributed by atoms with Crippen LogP contribution in [0, 0.1) is 0 Å². The van der Waals surface area contributed by atoms with E-state index in [1.54, 1.807) is 24.3 Å². The molecule has 0 saturated heterocycles. The van der Waals surface area contributed by atoms with Gasteiger partial charge in [0.1, 0.15) is 18.1 Å². The summed E-state index contributed by atoms with van der Waals surface area (Å²) in [5, 5.41) is 0.629. The van der Waals surface area contributed by atoms with Crippen LogP contribution < -0.4 is 9.47 Å². The van der Waals surface area contributed by atoms with Gasteiger partial charge < -0.3 is 14.4 Å². The first-order valence-corrected chi connectivity index (χ1v) is 10.6. The number of hydrogen-bond acceptors (Lipinski definition) is 3. The molecule has 3 rings (SSSR count). The maximum atomic E-state index is 13.0. The van der Waals surface area contributed by atoms with E-state index in [1.165, 1.54) is 0 Å². The second-order valence-electron chi connectivity index (χ2n) is 8.31. The number of carbonyl (C=O) groups excluding carboxylic acids is 1. The van der Waals surface area contributed by atoms with Gasteiger partial charge in [-0.3, -0.25) is 4.79 Å². The Morgan fingerprint density at radius 3 is 2.19 bits per heavy atom. The fraction of sp³-hybridized carbons (Fsp3) is 0.269. The standard InChI is InChI=1S/C26H28ClNO3/c1-26(2,3)28(25(29)19-31-23-14-12-22(27)13-15-23)17-21-10-7-11-24(16-21)30-18-20-8-5-4-6-9-20/h4-16H,17-19H2,1-3H3. The van der Waals surface area contributed by atoms with E-state index in [2.05, 4.69) is 0 Å². The van der Waals surface area contributed by atoms with Crippen LogP contribution >= 0.6 is 11.6 Å². The largest absolute Gasteiger partial charge is 0.489 e. The highest BCUT2D eigenvalue weighted by Crippen LogP contribution is 2.22. The second-order valence-corrected chi connectivity index (χ2v) is 8.75. The van der Waals surface area contributed by atoms with Crippen molar-refractivity contribution in [3.05, 3.63) is 95.0 Å². The van der Waals surface area contributed by atoms with Crippen LogP contribution in [-0.4, -0.2) is 23.0 Å². The molecule has 0 heterocycles. The predicted octanol–water partition coefficient (Wildman–Crippen LogP) is 6.13. The minimum atomic E-state index is -0.360. The average Bonchev–Trinajstić information content (AvgIpc) is 2.76. The highest BCUT2D eigenvalue weighted by atomic mass is 35.5. The number of carbonyl (C=O) groups is 1. The van der Waals surface area contributed by atoms with Crippen molar-refractivity contribution >= 4 is 17.5 Å². The van der Waals surface area contributed by atoms with Gasteiger partial charge in [0.15, 0.2) is 6.61 Å². The topological polar surface area (TPSA) is 38.8 Å². The Kier molecular flexibility index (Phi) is 7.59. The second kappa shape index (κ2) is 10.4. The Labute approximate surface area is 189 Å². The SMILES string of the molecule is CC(C)(C)N(Cc1cccc(OCc2ccccc2)c1)C(=O)COc1ccc(Cl)cc1. The van der Waals surface area contributed by atoms with Gasteiger partial charge in [0.25, 0.3) is 5.91 Å². The number of ether oxygens (including phenoxy) is 2. The molecule has 0 aliphatic carbocycles. The first-order valence-electron chi connectivity index (χ1n) is 10.3. The minimum Gasteiger partial charge on any atom is -0.489 e. The van der Waals surface area contributed by atoms with Gasteiger partial charge in [-0.1, -0.05) is 54.1 Å². The Hall–Kier alpha value is -2.98. The molecule has 0 aliphatic rings. The summed E-state index contributed by atoms with van der Waals surface area (Å²) in [5.41, 5.74) is 1.75. The van der Waals surface area contributed by atoms with Crippen molar-refractivity contribution in [2.45, 2.75) is 39.5 Å². The van der Waals surface area contributed by atoms with Gasteiger partial charge in [-0.2, -0.15) is 0 Å². The first-order chi connectivity index (χ1) is 14.8. The molecule has 31 heavy (non-hydrogen) atoms. The third kappa shape index (κ3) is 7.04. The van der Waals surface area contributed by atoms with Crippen molar-refractivity contribution in [3.8, 4) is 11.5 Å². The van der Waals surface area contributed by atoms with Gasteiger partial charge in [0.05, 0.1) is 0 Å². The summed E-state index contributed by atoms with van der Waals surface area (Å²) in [4.78, 5) is 14.8. The Bertz CT molecular complexity index is 982. The summed E-state index contributed by atoms with van der Waals surface area (Å²) in [6.45, 7) is 6.98. The summed E-state index contributed by atoms with van der Waals surface area (Å²) in [6.07, 6.45) is 0. The monoisotopic (exact) mass is 437 g/mol. The van der Waals surface area contributed by atoms with Crippen LogP contribution in [0.15, 0.2) is 78.9 Å². The number of rotatable bonds is 8. The zero-order valence-electron chi connectivity index (χ0n) is 18.2. The predicted molar refractivity (Wildman–Crippen MR) is 124 cm³/mol. The molecule has 4 nitrogen and oxygen atoms in total. The van der Waals surface area contributed by atoms with Crippen LogP contribution in [-0.2, 0) is 17.9 Å². The van der Waals surface area contributed by atoms with Crippen molar-refractivity contribution in [1.82, 2.24) is 4.90 Å². The van der Waals surface area contributed by atoms with E-state index < -0.39 is 0 Å². The number of benzene rings is 3. The third-order valence-electron chi connectivity index (χ3n) is 4.77. The molecular formula is C26H28ClNO3. The maximum absolute atomic E-state index is 13.0. The van der Waals surface area contributed by atoms with Gasteiger partial charge >= 0.3 is 0 Å². The number of hydrogen-bond donors (Lipinski definition) is 0. The smallest absolute Gasteiger partial charge is 0.261 e. The van der Waals surface area contributed by atoms with E-state index >= 15 is 0 Å². The molecule has 3 aromatic rings. The molecule has 0 spiro atoms. The Balaban J connectivity index is 1.64. The van der Waals surface area contributed by atoms with E-state index in [0.29, 0.717) is 23.9 Å². The van der Waals surface area contributed by atoms with Crippen LogP contribution in [0.1, 0.15) is 31.9 Å². The summed E-state index contributed by atoms with van der Waals surface area (Å²) < 4.78 is 11.6. The highest BCUT2D eigenvalue weighted by Gasteiger charge is 2.27. The highest BCUT2D eigenvalue weighted by molar-refractivity contribution is 6.30. The molecule has 0 bridgehead atoms. The number of nitrogens with zero attached hydrogens (tertiary/aromatic N) is 1. The Morgan fingerprint density at radius 1 is 0.839 bits per heavy atom.